The van der Waals surface area contributed by atoms with E-state index >= 15 is 0 Å². The number of phenols is 1. The van der Waals surface area contributed by atoms with Gasteiger partial charge in [0.2, 0.25) is 5.72 Å². The lowest BCUT2D eigenvalue weighted by Crippen LogP contribution is -2.61. The number of aromatic hydroxyl groups is 1. The third-order valence-corrected chi connectivity index (χ3v) is 7.23. The molecule has 2 heterocycles. The molecule has 6 nitrogen and oxygen atoms in total. The number of likely N-dealkylation sites (N-methyl/N-ethyl adjacent to an activating group) is 1. The Bertz CT molecular complexity index is 1520. The fraction of sp³-hybridized carbons (Fsp3) is 0.226. The maximum atomic E-state index is 13.0. The summed E-state index contributed by atoms with van der Waals surface area (Å²) in [6.45, 7) is 8.34. The van der Waals surface area contributed by atoms with Crippen LogP contribution in [-0.2, 0) is 5.41 Å². The maximum Gasteiger partial charge on any atom is 0.344 e. The minimum atomic E-state index is -0.771. The Morgan fingerprint density at radius 3 is 2.38 bits per heavy atom. The van der Waals surface area contributed by atoms with Gasteiger partial charge in [-0.2, -0.15) is 0 Å². The molecule has 6 rings (SSSR count). The van der Waals surface area contributed by atoms with Crippen molar-refractivity contribution >= 4 is 34.3 Å². The summed E-state index contributed by atoms with van der Waals surface area (Å²) in [6.07, 6.45) is 1.89. The van der Waals surface area contributed by atoms with Crippen LogP contribution in [0.3, 0.4) is 0 Å². The van der Waals surface area contributed by atoms with Gasteiger partial charge >= 0.3 is 5.97 Å². The van der Waals surface area contributed by atoms with Gasteiger partial charge in [0.15, 0.2) is 0 Å². The average molecular weight is 495 g/mol. The van der Waals surface area contributed by atoms with E-state index in [0.29, 0.717) is 22.7 Å². The van der Waals surface area contributed by atoms with E-state index in [9.17, 15) is 9.90 Å². The van der Waals surface area contributed by atoms with Crippen molar-refractivity contribution in [1.82, 2.24) is 0 Å². The van der Waals surface area contributed by atoms with E-state index in [0.717, 1.165) is 16.5 Å². The van der Waals surface area contributed by atoms with E-state index in [1.807, 2.05) is 63.5 Å². The summed E-state index contributed by atoms with van der Waals surface area (Å²) < 4.78 is 12.3. The lowest BCUT2D eigenvalue weighted by Gasteiger charge is -2.45. The molecule has 0 saturated carbocycles. The SMILES string of the molecule is CC.CN1c2ccccc2C(C)(C)C12C=Nc1c(ccc3c(C(=O)Oc4ccc(O)cc4)cccc13)O2. The van der Waals surface area contributed by atoms with Gasteiger partial charge in [0.25, 0.3) is 0 Å². The summed E-state index contributed by atoms with van der Waals surface area (Å²) in [4.78, 5) is 20.0. The number of ether oxygens (including phenoxy) is 2. The fourth-order valence-electron chi connectivity index (χ4n) is 5.27. The summed E-state index contributed by atoms with van der Waals surface area (Å²) in [7, 11) is 2.03. The second-order valence-corrected chi connectivity index (χ2v) is 9.45. The highest BCUT2D eigenvalue weighted by molar-refractivity contribution is 6.10. The lowest BCUT2D eigenvalue weighted by atomic mass is 9.77. The summed E-state index contributed by atoms with van der Waals surface area (Å²) >= 11 is 0. The van der Waals surface area contributed by atoms with E-state index < -0.39 is 11.7 Å². The minimum absolute atomic E-state index is 0.108. The number of rotatable bonds is 2. The Balaban J connectivity index is 0.00000137. The smallest absolute Gasteiger partial charge is 0.344 e. The number of hydrogen-bond donors (Lipinski definition) is 1. The van der Waals surface area contributed by atoms with Crippen LogP contribution in [0.4, 0.5) is 11.4 Å². The van der Waals surface area contributed by atoms with Gasteiger partial charge in [0.1, 0.15) is 22.9 Å². The summed E-state index contributed by atoms with van der Waals surface area (Å²) in [6, 6.07) is 23.6. The molecule has 2 aliphatic rings. The number of nitrogens with zero attached hydrogens (tertiary/aromatic N) is 2. The third kappa shape index (κ3) is 3.63. The maximum absolute atomic E-state index is 13.0. The number of para-hydroxylation sites is 1. The highest BCUT2D eigenvalue weighted by Crippen LogP contribution is 2.54. The monoisotopic (exact) mass is 494 g/mol. The van der Waals surface area contributed by atoms with Crippen LogP contribution >= 0.6 is 0 Å². The quantitative estimate of drug-likeness (QED) is 0.240. The first-order valence-corrected chi connectivity index (χ1v) is 12.5. The van der Waals surface area contributed by atoms with Gasteiger partial charge in [0, 0.05) is 18.1 Å². The van der Waals surface area contributed by atoms with Crippen LogP contribution in [0.5, 0.6) is 17.2 Å². The number of benzene rings is 4. The molecule has 1 atom stereocenters. The molecule has 0 aromatic heterocycles. The van der Waals surface area contributed by atoms with E-state index in [1.165, 1.54) is 17.7 Å². The number of esters is 1. The van der Waals surface area contributed by atoms with Crippen LogP contribution in [0.1, 0.15) is 43.6 Å². The van der Waals surface area contributed by atoms with Crippen LogP contribution < -0.4 is 14.4 Å². The zero-order valence-corrected chi connectivity index (χ0v) is 21.6. The molecule has 4 aromatic carbocycles. The molecule has 188 valence electrons. The van der Waals surface area contributed by atoms with Crippen LogP contribution in [0.2, 0.25) is 0 Å². The normalized spacial score (nSPS) is 18.5. The molecule has 1 N–H and O–H groups in total. The zero-order valence-electron chi connectivity index (χ0n) is 21.6. The predicted molar refractivity (Wildman–Crippen MR) is 148 cm³/mol. The number of fused-ring (bicyclic) bond motifs is 4. The third-order valence-electron chi connectivity index (χ3n) is 7.23. The number of anilines is 1. The summed E-state index contributed by atoms with van der Waals surface area (Å²) in [5, 5.41) is 11.0. The van der Waals surface area contributed by atoms with Crippen molar-refractivity contribution in [3.05, 3.63) is 90.0 Å². The van der Waals surface area contributed by atoms with Crippen LogP contribution in [0.25, 0.3) is 10.8 Å². The molecule has 6 heteroatoms. The molecule has 1 unspecified atom stereocenters. The first-order valence-electron chi connectivity index (χ1n) is 12.5. The first kappa shape index (κ1) is 24.4. The summed E-state index contributed by atoms with van der Waals surface area (Å²) in [5.74, 6) is 0.649. The van der Waals surface area contributed by atoms with Crippen LogP contribution in [0, 0.1) is 0 Å². The largest absolute Gasteiger partial charge is 0.508 e. The molecule has 0 saturated heterocycles. The average Bonchev–Trinajstić information content (AvgIpc) is 3.08. The van der Waals surface area contributed by atoms with E-state index in [4.69, 9.17) is 14.5 Å². The van der Waals surface area contributed by atoms with Crippen molar-refractivity contribution in [2.24, 2.45) is 4.99 Å². The summed E-state index contributed by atoms with van der Waals surface area (Å²) in [5.41, 5.74) is 2.33. The molecule has 0 fully saturated rings. The standard InChI is InChI=1S/C29H24N2O4.C2H6/c1-28(2)23-9-4-5-10-24(23)31(3)29(28)17-30-26-21-7-6-8-22(20(21)15-16-25(26)35-29)27(33)34-19-13-11-18(32)12-14-19;1-2/h4-17,32H,1-3H3;1-2H3. The Morgan fingerprint density at radius 2 is 1.65 bits per heavy atom. The topological polar surface area (TPSA) is 71.4 Å². The molecule has 2 aliphatic heterocycles. The molecule has 37 heavy (non-hydrogen) atoms. The number of carbonyl (C=O) groups excluding carboxylic acids is 1. The first-order chi connectivity index (χ1) is 17.8. The van der Waals surface area contributed by atoms with Gasteiger partial charge in [-0.1, -0.05) is 44.2 Å². The van der Waals surface area contributed by atoms with E-state index in [1.54, 1.807) is 18.2 Å². The molecule has 0 amide bonds. The molecule has 0 bridgehead atoms. The van der Waals surface area contributed by atoms with Crippen LogP contribution in [0.15, 0.2) is 83.9 Å². The highest BCUT2D eigenvalue weighted by Gasteiger charge is 2.58. The van der Waals surface area contributed by atoms with Gasteiger partial charge in [-0.25, -0.2) is 4.79 Å². The van der Waals surface area contributed by atoms with E-state index in [2.05, 4.69) is 30.9 Å². The zero-order chi connectivity index (χ0) is 26.4. The van der Waals surface area contributed by atoms with Gasteiger partial charge in [-0.05, 0) is 73.3 Å². The van der Waals surface area contributed by atoms with Crippen molar-refractivity contribution in [2.45, 2.75) is 38.8 Å². The molecule has 0 aliphatic carbocycles. The Labute approximate surface area is 216 Å². The second kappa shape index (κ2) is 8.96. The van der Waals surface area contributed by atoms with Crippen molar-refractivity contribution in [3.8, 4) is 17.2 Å². The van der Waals surface area contributed by atoms with Crippen molar-refractivity contribution in [2.75, 3.05) is 11.9 Å². The molecule has 1 spiro atoms. The Morgan fingerprint density at radius 1 is 0.919 bits per heavy atom. The van der Waals surface area contributed by atoms with Crippen molar-refractivity contribution in [3.63, 3.8) is 0 Å². The van der Waals surface area contributed by atoms with E-state index in [-0.39, 0.29) is 11.2 Å². The highest BCUT2D eigenvalue weighted by atomic mass is 16.5. The minimum Gasteiger partial charge on any atom is -0.508 e. The lowest BCUT2D eigenvalue weighted by molar-refractivity contribution is 0.0736. The van der Waals surface area contributed by atoms with Crippen molar-refractivity contribution < 1.29 is 19.4 Å². The van der Waals surface area contributed by atoms with Gasteiger partial charge in [-0.15, -0.1) is 0 Å². The molecular formula is C31H30N2O4. The Kier molecular flexibility index (Phi) is 5.91. The number of phenolic OH excluding ortho intramolecular Hbond substituents is 1. The Hall–Kier alpha value is -4.32. The predicted octanol–water partition coefficient (Wildman–Crippen LogP) is 7.01. The fourth-order valence-corrected chi connectivity index (χ4v) is 5.27. The molecule has 4 aromatic rings. The van der Waals surface area contributed by atoms with Crippen LogP contribution in [-0.4, -0.2) is 30.1 Å². The molecule has 0 radical (unpaired) electrons. The van der Waals surface area contributed by atoms with Gasteiger partial charge < -0.3 is 19.5 Å². The van der Waals surface area contributed by atoms with Crippen molar-refractivity contribution in [1.29, 1.82) is 0 Å². The number of aliphatic imine (C=N–C) groups is 1. The van der Waals surface area contributed by atoms with Gasteiger partial charge in [-0.3, -0.25) is 4.99 Å². The number of hydrogen-bond acceptors (Lipinski definition) is 6. The second-order valence-electron chi connectivity index (χ2n) is 9.45. The number of carbonyl (C=O) groups is 1. The molecular weight excluding hydrogens is 464 g/mol. The van der Waals surface area contributed by atoms with Gasteiger partial charge in [0.05, 0.1) is 17.2 Å².